The van der Waals surface area contributed by atoms with Crippen molar-refractivity contribution in [2.45, 2.75) is 39.3 Å². The molecule has 8 heteroatoms. The maximum Gasteiger partial charge on any atom is 0.285 e. The summed E-state index contributed by atoms with van der Waals surface area (Å²) in [5, 5.41) is 5.11. The molecule has 1 aromatic heterocycles. The van der Waals surface area contributed by atoms with Gasteiger partial charge in [-0.2, -0.15) is 0 Å². The van der Waals surface area contributed by atoms with Crippen molar-refractivity contribution in [1.82, 2.24) is 14.8 Å². The van der Waals surface area contributed by atoms with Crippen LogP contribution in [0.1, 0.15) is 48.4 Å². The number of carbonyl (C=O) groups excluding carboxylic acids is 2. The molecule has 0 saturated carbocycles. The van der Waals surface area contributed by atoms with Gasteiger partial charge in [-0.15, -0.1) is 5.10 Å². The van der Waals surface area contributed by atoms with Gasteiger partial charge in [-0.25, -0.2) is 5.06 Å². The zero-order chi connectivity index (χ0) is 21.1. The fraction of sp³-hybridized carbons (Fsp3) is 0.450. The molecule has 1 heterocycles. The fourth-order valence-corrected chi connectivity index (χ4v) is 2.84. The lowest BCUT2D eigenvalue weighted by Gasteiger charge is -2.34. The Morgan fingerprint density at radius 3 is 2.25 bits per heavy atom. The third-order valence-corrected chi connectivity index (χ3v) is 4.14. The minimum Gasteiger partial charge on any atom is -0.491 e. The first-order chi connectivity index (χ1) is 13.1. The molecule has 152 valence electrons. The summed E-state index contributed by atoms with van der Waals surface area (Å²) in [6.07, 6.45) is 1.56. The molecule has 0 spiro atoms. The first-order valence-corrected chi connectivity index (χ1v) is 8.89. The zero-order valence-corrected chi connectivity index (χ0v) is 17.3. The summed E-state index contributed by atoms with van der Waals surface area (Å²) in [4.78, 5) is 31.5. The predicted molar refractivity (Wildman–Crippen MR) is 104 cm³/mol. The molecule has 0 fully saturated rings. The maximum absolute atomic E-state index is 13.1. The van der Waals surface area contributed by atoms with Crippen LogP contribution in [-0.2, 0) is 11.9 Å². The van der Waals surface area contributed by atoms with Gasteiger partial charge in [0.1, 0.15) is 16.9 Å². The molecular formula is C20H27N3O5. The Morgan fingerprint density at radius 2 is 1.75 bits per heavy atom. The van der Waals surface area contributed by atoms with Gasteiger partial charge in [0.05, 0.1) is 20.3 Å². The first-order valence-electron chi connectivity index (χ1n) is 8.89. The fourth-order valence-electron chi connectivity index (χ4n) is 2.84. The van der Waals surface area contributed by atoms with Gasteiger partial charge in [0.25, 0.3) is 5.91 Å². The highest BCUT2D eigenvalue weighted by Crippen LogP contribution is 2.27. The predicted octanol–water partition coefficient (Wildman–Crippen LogP) is 2.88. The lowest BCUT2D eigenvalue weighted by Crippen LogP contribution is -2.52. The Morgan fingerprint density at radius 1 is 1.14 bits per heavy atom. The summed E-state index contributed by atoms with van der Waals surface area (Å²) in [5.41, 5.74) is -0.630. The molecule has 0 unspecified atom stereocenters. The van der Waals surface area contributed by atoms with Crippen LogP contribution in [0.2, 0.25) is 0 Å². The number of carbonyl (C=O) groups is 2. The molecule has 1 aromatic carbocycles. The average molecular weight is 389 g/mol. The van der Waals surface area contributed by atoms with Gasteiger partial charge in [0.2, 0.25) is 5.88 Å². The number of hydrogen-bond acceptors (Lipinski definition) is 6. The van der Waals surface area contributed by atoms with Crippen molar-refractivity contribution in [3.05, 3.63) is 41.6 Å². The minimum atomic E-state index is -1.27. The first kappa shape index (κ1) is 21.4. The van der Waals surface area contributed by atoms with Gasteiger partial charge in [-0.3, -0.25) is 19.1 Å². The number of ketones is 1. The molecule has 0 aliphatic rings. The smallest absolute Gasteiger partial charge is 0.285 e. The standard InChI is InChI=1S/C20H27N3O5/c1-13(2)28-15-10-8-14(9-11-15)17(24)20(3,4)23(27-7)19(25)16-12-22(5)21-18(16)26-6/h8-13H,1-7H3. The highest BCUT2D eigenvalue weighted by molar-refractivity contribution is 6.06. The molecule has 2 aromatic rings. The number of aromatic nitrogens is 2. The molecule has 0 N–H and O–H groups in total. The van der Waals surface area contributed by atoms with E-state index >= 15 is 0 Å². The summed E-state index contributed by atoms with van der Waals surface area (Å²) >= 11 is 0. The lowest BCUT2D eigenvalue weighted by molar-refractivity contribution is -0.138. The number of hydrogen-bond donors (Lipinski definition) is 0. The van der Waals surface area contributed by atoms with E-state index in [0.717, 1.165) is 5.06 Å². The Bertz CT molecular complexity index is 840. The number of rotatable bonds is 8. The van der Waals surface area contributed by atoms with Crippen molar-refractivity contribution in [2.24, 2.45) is 7.05 Å². The number of Topliss-reactive ketones (excluding diaryl/α,β-unsaturated/α-hetero) is 1. The van der Waals surface area contributed by atoms with Crippen LogP contribution in [0.5, 0.6) is 11.6 Å². The van der Waals surface area contributed by atoms with Crippen LogP contribution in [-0.4, -0.2) is 52.4 Å². The molecule has 0 aliphatic carbocycles. The Balaban J connectivity index is 2.31. The molecule has 0 atom stereocenters. The third kappa shape index (κ3) is 4.33. The number of hydroxylamine groups is 2. The van der Waals surface area contributed by atoms with E-state index in [1.165, 1.54) is 25.1 Å². The molecule has 2 rings (SSSR count). The SMILES string of the molecule is COc1nn(C)cc1C(=O)N(OC)C(C)(C)C(=O)c1ccc(OC(C)C)cc1. The van der Waals surface area contributed by atoms with Gasteiger partial charge in [0, 0.05) is 18.8 Å². The van der Waals surface area contributed by atoms with Crippen LogP contribution in [0.15, 0.2) is 30.5 Å². The van der Waals surface area contributed by atoms with Crippen LogP contribution >= 0.6 is 0 Å². The number of methoxy groups -OCH3 is 1. The van der Waals surface area contributed by atoms with Gasteiger partial charge < -0.3 is 9.47 Å². The molecule has 0 radical (unpaired) electrons. The quantitative estimate of drug-likeness (QED) is 0.510. The van der Waals surface area contributed by atoms with Crippen LogP contribution in [0, 0.1) is 0 Å². The Labute approximate surface area is 164 Å². The van der Waals surface area contributed by atoms with E-state index in [0.29, 0.717) is 11.3 Å². The summed E-state index contributed by atoms with van der Waals surface area (Å²) in [7, 11) is 4.44. The van der Waals surface area contributed by atoms with Crippen molar-refractivity contribution in [3.63, 3.8) is 0 Å². The van der Waals surface area contributed by atoms with E-state index < -0.39 is 11.4 Å². The topological polar surface area (TPSA) is 82.9 Å². The second kappa shape index (κ2) is 8.43. The number of aryl methyl sites for hydroxylation is 1. The van der Waals surface area contributed by atoms with E-state index in [9.17, 15) is 9.59 Å². The van der Waals surface area contributed by atoms with Crippen LogP contribution in [0.25, 0.3) is 0 Å². The minimum absolute atomic E-state index is 0.0362. The second-order valence-corrected chi connectivity index (χ2v) is 7.09. The molecule has 0 bridgehead atoms. The van der Waals surface area contributed by atoms with E-state index in [2.05, 4.69) is 5.10 Å². The van der Waals surface area contributed by atoms with E-state index in [1.54, 1.807) is 45.2 Å². The van der Waals surface area contributed by atoms with Gasteiger partial charge in [0.15, 0.2) is 5.78 Å². The normalized spacial score (nSPS) is 11.4. The third-order valence-electron chi connectivity index (χ3n) is 4.14. The Hall–Kier alpha value is -2.87. The molecular weight excluding hydrogens is 362 g/mol. The average Bonchev–Trinajstić information content (AvgIpc) is 3.02. The number of amides is 1. The van der Waals surface area contributed by atoms with E-state index in [1.807, 2.05) is 13.8 Å². The van der Waals surface area contributed by atoms with Gasteiger partial charge >= 0.3 is 0 Å². The number of nitrogens with zero attached hydrogens (tertiary/aromatic N) is 3. The second-order valence-electron chi connectivity index (χ2n) is 7.09. The summed E-state index contributed by atoms with van der Waals surface area (Å²) < 4.78 is 12.2. The summed E-state index contributed by atoms with van der Waals surface area (Å²) in [6, 6.07) is 6.80. The van der Waals surface area contributed by atoms with Crippen LogP contribution in [0.3, 0.4) is 0 Å². The lowest BCUT2D eigenvalue weighted by atomic mass is 9.92. The van der Waals surface area contributed by atoms with Crippen molar-refractivity contribution in [2.75, 3.05) is 14.2 Å². The van der Waals surface area contributed by atoms with E-state index in [-0.39, 0.29) is 23.3 Å². The number of ether oxygens (including phenoxy) is 2. The van der Waals surface area contributed by atoms with Crippen molar-refractivity contribution in [3.8, 4) is 11.6 Å². The highest BCUT2D eigenvalue weighted by Gasteiger charge is 2.41. The molecule has 28 heavy (non-hydrogen) atoms. The Kier molecular flexibility index (Phi) is 6.45. The number of benzene rings is 1. The van der Waals surface area contributed by atoms with Gasteiger partial charge in [-0.1, -0.05) is 0 Å². The maximum atomic E-state index is 13.1. The molecule has 8 nitrogen and oxygen atoms in total. The van der Waals surface area contributed by atoms with Crippen molar-refractivity contribution >= 4 is 11.7 Å². The molecule has 1 amide bonds. The summed E-state index contributed by atoms with van der Waals surface area (Å²) in [6.45, 7) is 7.10. The zero-order valence-electron chi connectivity index (χ0n) is 17.3. The molecule has 0 aliphatic heterocycles. The molecule has 0 saturated heterocycles. The van der Waals surface area contributed by atoms with Crippen molar-refractivity contribution in [1.29, 1.82) is 0 Å². The summed E-state index contributed by atoms with van der Waals surface area (Å²) in [5.74, 6) is 0.0318. The largest absolute Gasteiger partial charge is 0.491 e. The van der Waals surface area contributed by atoms with Crippen molar-refractivity contribution < 1.29 is 23.9 Å². The highest BCUT2D eigenvalue weighted by atomic mass is 16.7. The van der Waals surface area contributed by atoms with E-state index in [4.69, 9.17) is 14.3 Å². The van der Waals surface area contributed by atoms with Crippen LogP contribution in [0.4, 0.5) is 0 Å². The van der Waals surface area contributed by atoms with Crippen LogP contribution < -0.4 is 9.47 Å². The van der Waals surface area contributed by atoms with Gasteiger partial charge in [-0.05, 0) is 52.0 Å². The monoisotopic (exact) mass is 389 g/mol.